The molecule has 3 nitrogen and oxygen atoms in total. The van der Waals surface area contributed by atoms with Gasteiger partial charge in [-0.2, -0.15) is 0 Å². The van der Waals surface area contributed by atoms with Crippen molar-refractivity contribution in [1.82, 2.24) is 15.0 Å². The van der Waals surface area contributed by atoms with Crippen LogP contribution in [0.15, 0.2) is 30.7 Å². The Balaban J connectivity index is 2.49. The standard InChI is InChI=1S/C9H5ClFN3/c10-9-13-2-1-8(14-9)6-3-7(11)5-12-4-6/h1-5H. The topological polar surface area (TPSA) is 38.7 Å². The molecule has 0 fully saturated rings. The first kappa shape index (κ1) is 9.02. The average molecular weight is 210 g/mol. The van der Waals surface area contributed by atoms with E-state index in [-0.39, 0.29) is 5.28 Å². The minimum Gasteiger partial charge on any atom is -0.261 e. The van der Waals surface area contributed by atoms with Gasteiger partial charge in [0.25, 0.3) is 0 Å². The van der Waals surface area contributed by atoms with Gasteiger partial charge in [0.15, 0.2) is 0 Å². The second-order valence-corrected chi connectivity index (χ2v) is 2.94. The third kappa shape index (κ3) is 1.85. The monoisotopic (exact) mass is 209 g/mol. The molecule has 0 atom stereocenters. The first-order valence-electron chi connectivity index (χ1n) is 3.85. The summed E-state index contributed by atoms with van der Waals surface area (Å²) in [6.07, 6.45) is 4.16. The Hall–Kier alpha value is -1.55. The average Bonchev–Trinajstić information content (AvgIpc) is 2.18. The zero-order valence-corrected chi connectivity index (χ0v) is 7.74. The van der Waals surface area contributed by atoms with E-state index < -0.39 is 5.82 Å². The fourth-order valence-corrected chi connectivity index (χ4v) is 1.20. The van der Waals surface area contributed by atoms with Gasteiger partial charge < -0.3 is 0 Å². The molecule has 0 saturated carbocycles. The van der Waals surface area contributed by atoms with Crippen LogP contribution >= 0.6 is 11.6 Å². The lowest BCUT2D eigenvalue weighted by Crippen LogP contribution is -1.88. The number of rotatable bonds is 1. The van der Waals surface area contributed by atoms with Crippen LogP contribution in [0.4, 0.5) is 4.39 Å². The van der Waals surface area contributed by atoms with Crippen LogP contribution in [-0.4, -0.2) is 15.0 Å². The molecule has 14 heavy (non-hydrogen) atoms. The van der Waals surface area contributed by atoms with Crippen LogP contribution in [-0.2, 0) is 0 Å². The first-order valence-corrected chi connectivity index (χ1v) is 4.23. The Bertz CT molecular complexity index is 418. The third-order valence-corrected chi connectivity index (χ3v) is 1.81. The summed E-state index contributed by atoms with van der Waals surface area (Å²) in [6.45, 7) is 0. The van der Waals surface area contributed by atoms with E-state index in [2.05, 4.69) is 15.0 Å². The van der Waals surface area contributed by atoms with Crippen molar-refractivity contribution in [2.75, 3.05) is 0 Å². The maximum absolute atomic E-state index is 12.8. The van der Waals surface area contributed by atoms with Crippen molar-refractivity contribution in [2.45, 2.75) is 0 Å². The number of nitrogens with zero attached hydrogens (tertiary/aromatic N) is 3. The summed E-state index contributed by atoms with van der Waals surface area (Å²) in [6, 6.07) is 2.98. The fraction of sp³-hybridized carbons (Fsp3) is 0. The second-order valence-electron chi connectivity index (χ2n) is 2.60. The zero-order chi connectivity index (χ0) is 9.97. The molecule has 70 valence electrons. The second kappa shape index (κ2) is 3.67. The Morgan fingerprint density at radius 3 is 2.86 bits per heavy atom. The highest BCUT2D eigenvalue weighted by atomic mass is 35.5. The highest BCUT2D eigenvalue weighted by Gasteiger charge is 2.02. The normalized spacial score (nSPS) is 10.1. The predicted molar refractivity (Wildman–Crippen MR) is 50.2 cm³/mol. The highest BCUT2D eigenvalue weighted by Crippen LogP contribution is 2.16. The van der Waals surface area contributed by atoms with Gasteiger partial charge in [0.05, 0.1) is 11.9 Å². The van der Waals surface area contributed by atoms with E-state index in [1.165, 1.54) is 18.5 Å². The molecule has 0 N–H and O–H groups in total. The molecule has 0 unspecified atom stereocenters. The van der Waals surface area contributed by atoms with Crippen LogP contribution in [0.3, 0.4) is 0 Å². The van der Waals surface area contributed by atoms with Gasteiger partial charge >= 0.3 is 0 Å². The number of halogens is 2. The summed E-state index contributed by atoms with van der Waals surface area (Å²) in [5, 5.41) is 0.131. The van der Waals surface area contributed by atoms with Gasteiger partial charge in [0, 0.05) is 18.0 Å². The smallest absolute Gasteiger partial charge is 0.222 e. The molecule has 2 aromatic rings. The van der Waals surface area contributed by atoms with Gasteiger partial charge in [-0.05, 0) is 23.7 Å². The van der Waals surface area contributed by atoms with E-state index in [0.717, 1.165) is 6.20 Å². The summed E-state index contributed by atoms with van der Waals surface area (Å²) in [5.41, 5.74) is 1.13. The SMILES string of the molecule is Fc1cncc(-c2ccnc(Cl)n2)c1. The van der Waals surface area contributed by atoms with Gasteiger partial charge in [0.1, 0.15) is 5.82 Å². The van der Waals surface area contributed by atoms with Crippen LogP contribution < -0.4 is 0 Å². The number of hydrogen-bond acceptors (Lipinski definition) is 3. The van der Waals surface area contributed by atoms with Crippen molar-refractivity contribution < 1.29 is 4.39 Å². The number of pyridine rings is 1. The predicted octanol–water partition coefficient (Wildman–Crippen LogP) is 2.33. The minimum absolute atomic E-state index is 0.131. The molecule has 0 spiro atoms. The minimum atomic E-state index is -0.405. The van der Waals surface area contributed by atoms with Crippen molar-refractivity contribution >= 4 is 11.6 Å². The van der Waals surface area contributed by atoms with E-state index in [9.17, 15) is 4.39 Å². The van der Waals surface area contributed by atoms with Gasteiger partial charge in [-0.25, -0.2) is 14.4 Å². The quantitative estimate of drug-likeness (QED) is 0.677. The van der Waals surface area contributed by atoms with E-state index in [4.69, 9.17) is 11.6 Å². The lowest BCUT2D eigenvalue weighted by molar-refractivity contribution is 0.622. The molecule has 5 heteroatoms. The summed E-state index contributed by atoms with van der Waals surface area (Å²) >= 11 is 5.60. The van der Waals surface area contributed by atoms with Crippen LogP contribution in [0, 0.1) is 5.82 Å². The van der Waals surface area contributed by atoms with Crippen molar-refractivity contribution in [1.29, 1.82) is 0 Å². The number of hydrogen-bond donors (Lipinski definition) is 0. The molecule has 2 heterocycles. The molecular formula is C9H5ClFN3. The molecule has 0 aliphatic carbocycles. The lowest BCUT2D eigenvalue weighted by atomic mass is 10.2. The van der Waals surface area contributed by atoms with Crippen molar-refractivity contribution in [3.63, 3.8) is 0 Å². The van der Waals surface area contributed by atoms with Crippen LogP contribution in [0.2, 0.25) is 5.28 Å². The maximum Gasteiger partial charge on any atom is 0.222 e. The molecule has 2 rings (SSSR count). The lowest BCUT2D eigenvalue weighted by Gasteiger charge is -1.99. The van der Waals surface area contributed by atoms with Crippen LogP contribution in [0.1, 0.15) is 0 Å². The van der Waals surface area contributed by atoms with E-state index >= 15 is 0 Å². The third-order valence-electron chi connectivity index (χ3n) is 1.63. The highest BCUT2D eigenvalue weighted by molar-refractivity contribution is 6.28. The van der Waals surface area contributed by atoms with Gasteiger partial charge in [0.2, 0.25) is 5.28 Å². The molecule has 0 aliphatic heterocycles. The van der Waals surface area contributed by atoms with Crippen molar-refractivity contribution in [3.8, 4) is 11.3 Å². The molecule has 2 aromatic heterocycles. The van der Waals surface area contributed by atoms with Crippen molar-refractivity contribution in [2.24, 2.45) is 0 Å². The summed E-state index contributed by atoms with van der Waals surface area (Å²) in [7, 11) is 0. The molecular weight excluding hydrogens is 205 g/mol. The van der Waals surface area contributed by atoms with Crippen molar-refractivity contribution in [3.05, 3.63) is 41.8 Å². The Labute approximate surface area is 84.6 Å². The van der Waals surface area contributed by atoms with Gasteiger partial charge in [-0.15, -0.1) is 0 Å². The van der Waals surface area contributed by atoms with Gasteiger partial charge in [-0.1, -0.05) is 0 Å². The molecule has 0 aliphatic rings. The van der Waals surface area contributed by atoms with E-state index in [1.54, 1.807) is 6.07 Å². The Morgan fingerprint density at radius 2 is 2.14 bits per heavy atom. The molecule has 0 saturated heterocycles. The maximum atomic E-state index is 12.8. The Morgan fingerprint density at radius 1 is 1.29 bits per heavy atom. The molecule has 0 amide bonds. The Kier molecular flexibility index (Phi) is 2.37. The fourth-order valence-electron chi connectivity index (χ4n) is 1.05. The largest absolute Gasteiger partial charge is 0.261 e. The molecule has 0 aromatic carbocycles. The molecule has 0 radical (unpaired) electrons. The number of aromatic nitrogens is 3. The van der Waals surface area contributed by atoms with Gasteiger partial charge in [-0.3, -0.25) is 4.98 Å². The van der Waals surface area contributed by atoms with Crippen LogP contribution in [0.5, 0.6) is 0 Å². The van der Waals surface area contributed by atoms with Crippen LogP contribution in [0.25, 0.3) is 11.3 Å². The van der Waals surface area contributed by atoms with E-state index in [1.807, 2.05) is 0 Å². The first-order chi connectivity index (χ1) is 6.75. The summed E-state index contributed by atoms with van der Waals surface area (Å²) < 4.78 is 12.8. The van der Waals surface area contributed by atoms with E-state index in [0.29, 0.717) is 11.3 Å². The zero-order valence-electron chi connectivity index (χ0n) is 6.98. The summed E-state index contributed by atoms with van der Waals surface area (Å²) in [4.78, 5) is 11.4. The summed E-state index contributed by atoms with van der Waals surface area (Å²) in [5.74, 6) is -0.405. The molecule has 0 bridgehead atoms.